The standard InChI is InChI=1S/C13H17N3S/c1-4-11-6-5-7-14-12(11)8-15-13-16-9(2)10(3)17-13/h5-7H,4,8H2,1-3H3,(H,15,16). The second-order valence-corrected chi connectivity index (χ2v) is 5.18. The van der Waals surface area contributed by atoms with Crippen molar-refractivity contribution in [1.29, 1.82) is 0 Å². The van der Waals surface area contributed by atoms with Crippen LogP contribution in [0.1, 0.15) is 28.8 Å². The van der Waals surface area contributed by atoms with E-state index in [4.69, 9.17) is 0 Å². The Morgan fingerprint density at radius 2 is 2.18 bits per heavy atom. The van der Waals surface area contributed by atoms with E-state index in [9.17, 15) is 0 Å². The molecule has 3 nitrogen and oxygen atoms in total. The van der Waals surface area contributed by atoms with Gasteiger partial charge in [-0.25, -0.2) is 4.98 Å². The molecule has 0 amide bonds. The van der Waals surface area contributed by atoms with Crippen molar-refractivity contribution in [3.63, 3.8) is 0 Å². The van der Waals surface area contributed by atoms with Crippen LogP contribution >= 0.6 is 11.3 Å². The molecule has 0 radical (unpaired) electrons. The van der Waals surface area contributed by atoms with Crippen molar-refractivity contribution < 1.29 is 0 Å². The summed E-state index contributed by atoms with van der Waals surface area (Å²) in [4.78, 5) is 10.1. The fourth-order valence-corrected chi connectivity index (χ4v) is 2.47. The number of aryl methyl sites for hydroxylation is 3. The lowest BCUT2D eigenvalue weighted by Gasteiger charge is -2.06. The Morgan fingerprint density at radius 3 is 2.82 bits per heavy atom. The largest absolute Gasteiger partial charge is 0.356 e. The van der Waals surface area contributed by atoms with Crippen LogP contribution in [0.4, 0.5) is 5.13 Å². The topological polar surface area (TPSA) is 37.8 Å². The summed E-state index contributed by atoms with van der Waals surface area (Å²) >= 11 is 1.70. The molecule has 0 saturated carbocycles. The highest BCUT2D eigenvalue weighted by atomic mass is 32.1. The van der Waals surface area contributed by atoms with E-state index in [0.29, 0.717) is 0 Å². The van der Waals surface area contributed by atoms with Gasteiger partial charge in [0, 0.05) is 11.1 Å². The first-order valence-corrected chi connectivity index (χ1v) is 6.63. The fourth-order valence-electron chi connectivity index (χ4n) is 1.66. The maximum Gasteiger partial charge on any atom is 0.183 e. The summed E-state index contributed by atoms with van der Waals surface area (Å²) < 4.78 is 0. The lowest BCUT2D eigenvalue weighted by atomic mass is 10.1. The van der Waals surface area contributed by atoms with Crippen LogP contribution in [0.15, 0.2) is 18.3 Å². The SMILES string of the molecule is CCc1cccnc1CNc1nc(C)c(C)s1. The smallest absolute Gasteiger partial charge is 0.183 e. The number of thiazole rings is 1. The van der Waals surface area contributed by atoms with Crippen molar-refractivity contribution in [3.05, 3.63) is 40.2 Å². The van der Waals surface area contributed by atoms with E-state index in [0.717, 1.165) is 29.5 Å². The quantitative estimate of drug-likeness (QED) is 0.900. The molecule has 2 rings (SSSR count). The van der Waals surface area contributed by atoms with E-state index in [1.165, 1.54) is 10.4 Å². The Balaban J connectivity index is 2.07. The summed E-state index contributed by atoms with van der Waals surface area (Å²) in [5, 5.41) is 4.32. The number of hydrogen-bond donors (Lipinski definition) is 1. The van der Waals surface area contributed by atoms with Gasteiger partial charge >= 0.3 is 0 Å². The minimum Gasteiger partial charge on any atom is -0.356 e. The Labute approximate surface area is 106 Å². The van der Waals surface area contributed by atoms with Gasteiger partial charge in [-0.05, 0) is 31.9 Å². The maximum absolute atomic E-state index is 4.46. The van der Waals surface area contributed by atoms with E-state index in [1.54, 1.807) is 11.3 Å². The van der Waals surface area contributed by atoms with E-state index >= 15 is 0 Å². The number of nitrogens with one attached hydrogen (secondary N) is 1. The average Bonchev–Trinajstić information content (AvgIpc) is 2.66. The number of aromatic nitrogens is 2. The Hall–Kier alpha value is -1.42. The van der Waals surface area contributed by atoms with Gasteiger partial charge in [0.1, 0.15) is 0 Å². The van der Waals surface area contributed by atoms with Crippen LogP contribution in [0.3, 0.4) is 0 Å². The number of nitrogens with zero attached hydrogens (tertiary/aromatic N) is 2. The third kappa shape index (κ3) is 2.82. The molecule has 17 heavy (non-hydrogen) atoms. The minimum atomic E-state index is 0.746. The number of rotatable bonds is 4. The monoisotopic (exact) mass is 247 g/mol. The first-order valence-electron chi connectivity index (χ1n) is 5.81. The molecule has 0 fully saturated rings. The highest BCUT2D eigenvalue weighted by molar-refractivity contribution is 7.15. The van der Waals surface area contributed by atoms with Crippen LogP contribution in [0.2, 0.25) is 0 Å². The first kappa shape index (κ1) is 12.0. The highest BCUT2D eigenvalue weighted by Gasteiger charge is 2.05. The molecule has 2 heterocycles. The molecule has 2 aromatic heterocycles. The van der Waals surface area contributed by atoms with Crippen LogP contribution < -0.4 is 5.32 Å². The summed E-state index contributed by atoms with van der Waals surface area (Å²) in [7, 11) is 0. The molecule has 0 bridgehead atoms. The Bertz CT molecular complexity index is 486. The van der Waals surface area contributed by atoms with Crippen LogP contribution in [0.25, 0.3) is 0 Å². The summed E-state index contributed by atoms with van der Waals surface area (Å²) in [6.45, 7) is 7.03. The van der Waals surface area contributed by atoms with Gasteiger partial charge in [0.25, 0.3) is 0 Å². The van der Waals surface area contributed by atoms with Crippen molar-refractivity contribution >= 4 is 16.5 Å². The fraction of sp³-hybridized carbons (Fsp3) is 0.385. The molecule has 0 atom stereocenters. The first-order chi connectivity index (χ1) is 8.20. The lowest BCUT2D eigenvalue weighted by molar-refractivity contribution is 0.968. The number of pyridine rings is 1. The van der Waals surface area contributed by atoms with Crippen molar-refractivity contribution in [2.75, 3.05) is 5.32 Å². The van der Waals surface area contributed by atoms with Gasteiger partial charge < -0.3 is 5.32 Å². The molecule has 0 aliphatic rings. The summed E-state index contributed by atoms with van der Waals surface area (Å²) in [5.41, 5.74) is 3.51. The number of anilines is 1. The zero-order valence-corrected chi connectivity index (χ0v) is 11.3. The molecule has 0 saturated heterocycles. The van der Waals surface area contributed by atoms with Crippen molar-refractivity contribution in [2.24, 2.45) is 0 Å². The molecule has 0 aromatic carbocycles. The van der Waals surface area contributed by atoms with Crippen LogP contribution in [0.5, 0.6) is 0 Å². The lowest BCUT2D eigenvalue weighted by Crippen LogP contribution is -2.04. The molecular weight excluding hydrogens is 230 g/mol. The summed E-state index contributed by atoms with van der Waals surface area (Å²) in [5.74, 6) is 0. The van der Waals surface area contributed by atoms with Gasteiger partial charge in [-0.2, -0.15) is 0 Å². The molecule has 4 heteroatoms. The van der Waals surface area contributed by atoms with Crippen molar-refractivity contribution in [1.82, 2.24) is 9.97 Å². The number of hydrogen-bond acceptors (Lipinski definition) is 4. The third-order valence-electron chi connectivity index (χ3n) is 2.80. The second kappa shape index (κ2) is 5.27. The summed E-state index contributed by atoms with van der Waals surface area (Å²) in [6.07, 6.45) is 2.86. The van der Waals surface area contributed by atoms with Crippen LogP contribution in [-0.2, 0) is 13.0 Å². The predicted octanol–water partition coefficient (Wildman–Crippen LogP) is 3.33. The third-order valence-corrected chi connectivity index (χ3v) is 3.83. The van der Waals surface area contributed by atoms with E-state index in [1.807, 2.05) is 19.2 Å². The molecule has 0 unspecified atom stereocenters. The molecule has 2 aromatic rings. The highest BCUT2D eigenvalue weighted by Crippen LogP contribution is 2.21. The van der Waals surface area contributed by atoms with Gasteiger partial charge in [0.2, 0.25) is 0 Å². The van der Waals surface area contributed by atoms with Gasteiger partial charge in [0.05, 0.1) is 17.9 Å². The van der Waals surface area contributed by atoms with E-state index in [-0.39, 0.29) is 0 Å². The second-order valence-electron chi connectivity index (χ2n) is 3.98. The zero-order valence-electron chi connectivity index (χ0n) is 10.4. The Kier molecular flexibility index (Phi) is 3.74. The summed E-state index contributed by atoms with van der Waals surface area (Å²) in [6, 6.07) is 4.11. The van der Waals surface area contributed by atoms with E-state index < -0.39 is 0 Å². The Morgan fingerprint density at radius 1 is 1.35 bits per heavy atom. The molecule has 90 valence electrons. The minimum absolute atomic E-state index is 0.746. The van der Waals surface area contributed by atoms with Gasteiger partial charge in [0.15, 0.2) is 5.13 Å². The average molecular weight is 247 g/mol. The van der Waals surface area contributed by atoms with Crippen LogP contribution in [-0.4, -0.2) is 9.97 Å². The molecular formula is C13H17N3S. The maximum atomic E-state index is 4.46. The molecule has 1 N–H and O–H groups in total. The van der Waals surface area contributed by atoms with Gasteiger partial charge in [-0.3, -0.25) is 4.98 Å². The van der Waals surface area contributed by atoms with Crippen molar-refractivity contribution in [2.45, 2.75) is 33.7 Å². The molecule has 0 aliphatic heterocycles. The van der Waals surface area contributed by atoms with Crippen molar-refractivity contribution in [3.8, 4) is 0 Å². The molecule has 0 aliphatic carbocycles. The molecule has 0 spiro atoms. The van der Waals surface area contributed by atoms with Gasteiger partial charge in [-0.1, -0.05) is 13.0 Å². The zero-order chi connectivity index (χ0) is 12.3. The van der Waals surface area contributed by atoms with E-state index in [2.05, 4.69) is 35.2 Å². The predicted molar refractivity (Wildman–Crippen MR) is 72.5 cm³/mol. The van der Waals surface area contributed by atoms with Crippen LogP contribution in [0, 0.1) is 13.8 Å². The normalized spacial score (nSPS) is 10.5. The van der Waals surface area contributed by atoms with Gasteiger partial charge in [-0.15, -0.1) is 11.3 Å².